The van der Waals surface area contributed by atoms with E-state index in [0.29, 0.717) is 0 Å². The SMILES string of the molecule is CC1=[C-]C(C)=CC1.CC1=[C-]C(C)=CC1.C[SiH]C.[Cl-].[Cl-].[Zr+4]. The van der Waals surface area contributed by atoms with Gasteiger partial charge in [-0.05, 0) is 0 Å². The quantitative estimate of drug-likeness (QED) is 0.346. The van der Waals surface area contributed by atoms with Crippen molar-refractivity contribution in [3.8, 4) is 0 Å². The first-order chi connectivity index (χ1) is 7.99. The molecule has 0 saturated carbocycles. The molecule has 0 fully saturated rings. The van der Waals surface area contributed by atoms with Gasteiger partial charge in [0.15, 0.2) is 0 Å². The summed E-state index contributed by atoms with van der Waals surface area (Å²) in [5.41, 5.74) is 5.30. The van der Waals surface area contributed by atoms with E-state index in [1.807, 2.05) is 0 Å². The maximum absolute atomic E-state index is 3.19. The van der Waals surface area contributed by atoms with Crippen LogP contribution in [-0.2, 0) is 26.2 Å². The van der Waals surface area contributed by atoms with Crippen LogP contribution in [0.2, 0.25) is 13.1 Å². The van der Waals surface area contributed by atoms with E-state index in [-0.39, 0.29) is 51.0 Å². The van der Waals surface area contributed by atoms with Gasteiger partial charge in [-0.25, -0.2) is 23.3 Å². The summed E-state index contributed by atoms with van der Waals surface area (Å²) in [6.07, 6.45) is 13.0. The summed E-state index contributed by atoms with van der Waals surface area (Å²) in [4.78, 5) is 0. The molecule has 0 unspecified atom stereocenters. The molecule has 0 aromatic rings. The van der Waals surface area contributed by atoms with Crippen molar-refractivity contribution < 1.29 is 51.0 Å². The van der Waals surface area contributed by atoms with E-state index >= 15 is 0 Å². The van der Waals surface area contributed by atoms with E-state index in [2.05, 4.69) is 65.1 Å². The van der Waals surface area contributed by atoms with Crippen LogP contribution in [0.1, 0.15) is 40.5 Å². The van der Waals surface area contributed by atoms with Crippen molar-refractivity contribution in [2.75, 3.05) is 0 Å². The molecule has 0 amide bonds. The van der Waals surface area contributed by atoms with E-state index in [9.17, 15) is 0 Å². The first-order valence-electron chi connectivity index (χ1n) is 6.26. The van der Waals surface area contributed by atoms with Gasteiger partial charge >= 0.3 is 26.2 Å². The third-order valence-electron chi connectivity index (χ3n) is 2.25. The van der Waals surface area contributed by atoms with Crippen molar-refractivity contribution in [1.29, 1.82) is 0 Å². The maximum atomic E-state index is 3.19. The third kappa shape index (κ3) is 16.7. The largest absolute Gasteiger partial charge is 4.00 e. The minimum absolute atomic E-state index is 0. The summed E-state index contributed by atoms with van der Waals surface area (Å²) in [7, 11) is 0.750. The van der Waals surface area contributed by atoms with Gasteiger partial charge < -0.3 is 24.8 Å². The van der Waals surface area contributed by atoms with Gasteiger partial charge in [-0.15, -0.1) is 0 Å². The Morgan fingerprint density at radius 1 is 0.800 bits per heavy atom. The first-order valence-corrected chi connectivity index (χ1v) is 8.57. The Hall–Kier alpha value is 0.640. The fourth-order valence-electron chi connectivity index (χ4n) is 1.49. The second kappa shape index (κ2) is 17.7. The van der Waals surface area contributed by atoms with Crippen LogP contribution in [0.25, 0.3) is 0 Å². The number of allylic oxidation sites excluding steroid dienone is 8. The van der Waals surface area contributed by atoms with Gasteiger partial charge in [-0.1, -0.05) is 53.6 Å². The summed E-state index contributed by atoms with van der Waals surface area (Å²) >= 11 is 0. The van der Waals surface area contributed by atoms with Crippen LogP contribution >= 0.6 is 0 Å². The Kier molecular flexibility index (Phi) is 25.4. The van der Waals surface area contributed by atoms with E-state index in [1.165, 1.54) is 22.3 Å². The molecule has 20 heavy (non-hydrogen) atoms. The van der Waals surface area contributed by atoms with Crippen LogP contribution in [0.3, 0.4) is 0 Å². The van der Waals surface area contributed by atoms with Gasteiger partial charge in [0, 0.05) is 9.52 Å². The van der Waals surface area contributed by atoms with Crippen LogP contribution in [0.4, 0.5) is 0 Å². The minimum Gasteiger partial charge on any atom is -1.00 e. The Bertz CT molecular complexity index is 321. The normalized spacial score (nSPS) is 14.3. The molecular weight excluding hydrogens is 382 g/mol. The zero-order valence-electron chi connectivity index (χ0n) is 13.4. The predicted molar refractivity (Wildman–Crippen MR) is 80.5 cm³/mol. The topological polar surface area (TPSA) is 0 Å². The third-order valence-corrected chi connectivity index (χ3v) is 2.25. The molecule has 2 rings (SSSR count). The Balaban J connectivity index is -0.0000000956. The van der Waals surface area contributed by atoms with Gasteiger partial charge in [0.1, 0.15) is 0 Å². The standard InChI is InChI=1S/2C7H9.C2H7Si.2ClH.Zr/c2*1-6-3-4-7(2)5-6;1-3-2;;;/h2*3H,4H2,1-2H3;3H,1-2H3;2*1H;/q2*-1;;;;+4/p-2. The number of halogens is 2. The van der Waals surface area contributed by atoms with E-state index < -0.39 is 0 Å². The van der Waals surface area contributed by atoms with Crippen molar-refractivity contribution in [3.05, 3.63) is 46.6 Å². The Labute approximate surface area is 160 Å². The molecule has 0 spiro atoms. The molecule has 0 bridgehead atoms. The molecule has 0 nitrogen and oxygen atoms in total. The van der Waals surface area contributed by atoms with Crippen molar-refractivity contribution >= 4 is 9.52 Å². The summed E-state index contributed by atoms with van der Waals surface area (Å²) in [6.45, 7) is 12.8. The molecule has 2 aliphatic carbocycles. The van der Waals surface area contributed by atoms with Gasteiger partial charge in [0.25, 0.3) is 0 Å². The van der Waals surface area contributed by atoms with Crippen molar-refractivity contribution in [2.24, 2.45) is 0 Å². The van der Waals surface area contributed by atoms with Gasteiger partial charge in [0.05, 0.1) is 0 Å². The van der Waals surface area contributed by atoms with Crippen molar-refractivity contribution in [3.63, 3.8) is 0 Å². The monoisotopic (exact) mass is 405 g/mol. The molecule has 1 radical (unpaired) electrons. The van der Waals surface area contributed by atoms with Gasteiger partial charge in [0.2, 0.25) is 0 Å². The summed E-state index contributed by atoms with van der Waals surface area (Å²) in [5, 5.41) is 0. The second-order valence-electron chi connectivity index (χ2n) is 4.57. The molecule has 0 aromatic heterocycles. The Morgan fingerprint density at radius 2 is 1.05 bits per heavy atom. The maximum Gasteiger partial charge on any atom is 4.00 e. The first kappa shape index (κ1) is 28.8. The van der Waals surface area contributed by atoms with Crippen molar-refractivity contribution in [2.45, 2.75) is 53.6 Å². The molecule has 0 heterocycles. The van der Waals surface area contributed by atoms with Crippen LogP contribution in [0.5, 0.6) is 0 Å². The van der Waals surface area contributed by atoms with E-state index in [4.69, 9.17) is 0 Å². The molecule has 2 aliphatic rings. The molecule has 0 atom stereocenters. The van der Waals surface area contributed by atoms with Crippen LogP contribution in [0, 0.1) is 12.2 Å². The summed E-state index contributed by atoms with van der Waals surface area (Å²) in [6, 6.07) is 0. The van der Waals surface area contributed by atoms with Crippen LogP contribution in [-0.4, -0.2) is 9.52 Å². The fraction of sp³-hybridized carbons (Fsp3) is 0.500. The number of hydrogen-bond acceptors (Lipinski definition) is 0. The molecular formula is C16H25Cl2SiZr. The second-order valence-corrected chi connectivity index (χ2v) is 5.73. The van der Waals surface area contributed by atoms with E-state index in [0.717, 1.165) is 22.4 Å². The number of rotatable bonds is 0. The molecule has 4 heteroatoms. The molecule has 0 aromatic carbocycles. The fourth-order valence-corrected chi connectivity index (χ4v) is 1.49. The van der Waals surface area contributed by atoms with E-state index in [1.54, 1.807) is 0 Å². The van der Waals surface area contributed by atoms with Gasteiger partial charge in [-0.3, -0.25) is 12.2 Å². The molecule has 111 valence electrons. The average Bonchev–Trinajstić information content (AvgIpc) is 2.78. The molecule has 0 saturated heterocycles. The molecule has 0 aliphatic heterocycles. The van der Waals surface area contributed by atoms with Gasteiger partial charge in [-0.2, -0.15) is 11.1 Å². The smallest absolute Gasteiger partial charge is 1.00 e. The predicted octanol–water partition coefficient (Wildman–Crippen LogP) is -1.30. The Morgan fingerprint density at radius 3 is 1.10 bits per heavy atom. The zero-order chi connectivity index (χ0) is 13.3. The minimum atomic E-state index is 0. The molecule has 0 N–H and O–H groups in total. The average molecular weight is 408 g/mol. The van der Waals surface area contributed by atoms with Crippen molar-refractivity contribution in [1.82, 2.24) is 0 Å². The van der Waals surface area contributed by atoms with Crippen LogP contribution < -0.4 is 24.8 Å². The van der Waals surface area contributed by atoms with Crippen LogP contribution in [0.15, 0.2) is 34.4 Å². The number of hydrogen-bond donors (Lipinski definition) is 0. The zero-order valence-corrected chi connectivity index (χ0v) is 18.5. The summed E-state index contributed by atoms with van der Waals surface area (Å²) < 4.78 is 0. The summed E-state index contributed by atoms with van der Waals surface area (Å²) in [5.74, 6) is 0.